The summed E-state index contributed by atoms with van der Waals surface area (Å²) in [6, 6.07) is 34.2. The molecule has 0 radical (unpaired) electrons. The van der Waals surface area contributed by atoms with Crippen molar-refractivity contribution in [2.75, 3.05) is 0 Å². The monoisotopic (exact) mass is 802 g/mol. The van der Waals surface area contributed by atoms with Crippen LogP contribution in [0, 0.1) is 69.8 Å². The number of para-hydroxylation sites is 2. The first kappa shape index (κ1) is 35.4. The Morgan fingerprint density at radius 3 is 1.21 bits per heavy atom. The first-order valence-corrected chi connectivity index (χ1v) is 22.3. The van der Waals surface area contributed by atoms with E-state index in [-0.39, 0.29) is 36.0 Å². The van der Waals surface area contributed by atoms with E-state index in [2.05, 4.69) is 24.3 Å². The second-order valence-corrected chi connectivity index (χ2v) is 19.8. The highest BCUT2D eigenvalue weighted by Gasteiger charge is 2.35. The molecule has 0 atom stereocenters. The van der Waals surface area contributed by atoms with Crippen molar-refractivity contribution in [3.05, 3.63) is 196 Å². The SMILES string of the molecule is Cc1ccc(S(=O)(=O)N2Cc3c(C)cc4/c(c3C2)=c2\c(oc3ccccc23)=c2\cc(C)c3c(\c2=c2\c=4oc4ccccc24)CN(S(=O)(=O)c2ccc(C)cc2)C3)cc1. The molecule has 0 unspecified atom stereocenters. The molecule has 0 saturated carbocycles. The summed E-state index contributed by atoms with van der Waals surface area (Å²) in [6.07, 6.45) is 0. The van der Waals surface area contributed by atoms with Crippen LogP contribution in [-0.4, -0.2) is 25.4 Å². The molecule has 4 heterocycles. The van der Waals surface area contributed by atoms with Crippen LogP contribution >= 0.6 is 0 Å². The number of furan rings is 2. The summed E-state index contributed by atoms with van der Waals surface area (Å²) in [5, 5.41) is 6.98. The summed E-state index contributed by atoms with van der Waals surface area (Å²) < 4.78 is 74.3. The van der Waals surface area contributed by atoms with Crippen LogP contribution in [-0.2, 0) is 46.2 Å². The lowest BCUT2D eigenvalue weighted by molar-refractivity contribution is 0.430. The van der Waals surface area contributed by atoms with Gasteiger partial charge in [-0.1, -0.05) is 71.8 Å². The minimum atomic E-state index is -3.84. The van der Waals surface area contributed by atoms with E-state index in [1.807, 2.05) is 88.4 Å². The highest BCUT2D eigenvalue weighted by molar-refractivity contribution is 7.89. The molecule has 0 spiro atoms. The molecule has 288 valence electrons. The van der Waals surface area contributed by atoms with Gasteiger partial charge < -0.3 is 8.83 Å². The van der Waals surface area contributed by atoms with E-state index in [0.29, 0.717) is 22.0 Å². The first-order chi connectivity index (χ1) is 27.9. The van der Waals surface area contributed by atoms with E-state index < -0.39 is 20.0 Å². The van der Waals surface area contributed by atoms with Gasteiger partial charge in [0.05, 0.1) is 9.79 Å². The Bertz CT molecular complexity index is 3510. The molecule has 3 aliphatic rings. The van der Waals surface area contributed by atoms with Gasteiger partial charge in [-0.15, -0.1) is 0 Å². The van der Waals surface area contributed by atoms with Crippen LogP contribution in [0.4, 0.5) is 0 Å². The van der Waals surface area contributed by atoms with Gasteiger partial charge in [-0.3, -0.25) is 0 Å². The van der Waals surface area contributed by atoms with E-state index >= 15 is 0 Å². The van der Waals surface area contributed by atoms with E-state index in [9.17, 15) is 16.8 Å². The lowest BCUT2D eigenvalue weighted by atomic mass is 9.94. The number of fused-ring (bicyclic) bond motifs is 12. The Morgan fingerprint density at radius 1 is 0.448 bits per heavy atom. The van der Waals surface area contributed by atoms with Crippen LogP contribution in [0.3, 0.4) is 0 Å². The summed E-state index contributed by atoms with van der Waals surface area (Å²) in [5.41, 5.74) is 10.4. The van der Waals surface area contributed by atoms with E-state index in [0.717, 1.165) is 86.6 Å². The highest BCUT2D eigenvalue weighted by Crippen LogP contribution is 2.38. The molecule has 11 rings (SSSR count). The fourth-order valence-electron chi connectivity index (χ4n) is 9.42. The summed E-state index contributed by atoms with van der Waals surface area (Å²) in [7, 11) is -7.68. The normalized spacial score (nSPS) is 17.6. The Kier molecular flexibility index (Phi) is 7.54. The molecular formula is C48H38N2O6S2. The predicted octanol–water partition coefficient (Wildman–Crippen LogP) is 9.28. The molecule has 10 heteroatoms. The van der Waals surface area contributed by atoms with Crippen molar-refractivity contribution in [3.8, 4) is 0 Å². The third kappa shape index (κ3) is 4.99. The van der Waals surface area contributed by atoms with E-state index in [1.165, 1.54) is 0 Å². The third-order valence-corrected chi connectivity index (χ3v) is 16.0. The number of sulfonamides is 2. The van der Waals surface area contributed by atoms with Crippen LogP contribution in [0.15, 0.2) is 128 Å². The maximum absolute atomic E-state index is 14.3. The quantitative estimate of drug-likeness (QED) is 0.176. The van der Waals surface area contributed by atoms with Crippen molar-refractivity contribution in [2.24, 2.45) is 0 Å². The molecule has 1 aliphatic carbocycles. The summed E-state index contributed by atoms with van der Waals surface area (Å²) in [4.78, 5) is 0.523. The topological polar surface area (TPSA) is 101 Å². The molecule has 0 N–H and O–H groups in total. The van der Waals surface area contributed by atoms with Crippen LogP contribution in [0.25, 0.3) is 21.9 Å². The highest BCUT2D eigenvalue weighted by atomic mass is 32.2. The summed E-state index contributed by atoms with van der Waals surface area (Å²) in [6.45, 7) is 8.78. The second-order valence-electron chi connectivity index (χ2n) is 15.9. The van der Waals surface area contributed by atoms with Crippen LogP contribution in [0.1, 0.15) is 44.5 Å². The van der Waals surface area contributed by atoms with Gasteiger partial charge in [0.1, 0.15) is 22.0 Å². The average Bonchev–Trinajstić information content (AvgIpc) is 4.02. The van der Waals surface area contributed by atoms with Gasteiger partial charge in [0.25, 0.3) is 0 Å². The number of rotatable bonds is 4. The Balaban J connectivity index is 1.33. The van der Waals surface area contributed by atoms with Crippen molar-refractivity contribution in [1.82, 2.24) is 8.61 Å². The van der Waals surface area contributed by atoms with Crippen molar-refractivity contribution in [2.45, 2.75) is 63.7 Å². The molecule has 2 aliphatic heterocycles. The van der Waals surface area contributed by atoms with Gasteiger partial charge in [-0.25, -0.2) is 16.8 Å². The molecular weight excluding hydrogens is 765 g/mol. The molecule has 0 bridgehead atoms. The number of nitrogens with zero attached hydrogens (tertiary/aromatic N) is 2. The van der Waals surface area contributed by atoms with E-state index in [1.54, 1.807) is 32.9 Å². The molecule has 0 amide bonds. The largest absolute Gasteiger partial charge is 0.455 e. The molecule has 6 aromatic carbocycles. The zero-order chi connectivity index (χ0) is 39.8. The van der Waals surface area contributed by atoms with Crippen LogP contribution < -0.4 is 0 Å². The zero-order valence-corrected chi connectivity index (χ0v) is 34.0. The molecule has 8 aromatic rings. The molecule has 58 heavy (non-hydrogen) atoms. The second kappa shape index (κ2) is 12.4. The minimum absolute atomic E-state index is 0.173. The predicted molar refractivity (Wildman–Crippen MR) is 221 cm³/mol. The summed E-state index contributed by atoms with van der Waals surface area (Å²) >= 11 is 0. The van der Waals surface area contributed by atoms with Crippen molar-refractivity contribution >= 4 is 42.0 Å². The van der Waals surface area contributed by atoms with Crippen molar-refractivity contribution in [1.29, 1.82) is 0 Å². The number of hydrogen-bond donors (Lipinski definition) is 0. The Labute approximate surface area is 334 Å². The van der Waals surface area contributed by atoms with Crippen LogP contribution in [0.5, 0.6) is 0 Å². The summed E-state index contributed by atoms with van der Waals surface area (Å²) in [5.74, 6) is 0. The van der Waals surface area contributed by atoms with Gasteiger partial charge in [0.2, 0.25) is 20.0 Å². The maximum Gasteiger partial charge on any atom is 0.243 e. The van der Waals surface area contributed by atoms with Crippen LogP contribution in [0.2, 0.25) is 0 Å². The van der Waals surface area contributed by atoms with Gasteiger partial charge in [-0.2, -0.15) is 8.61 Å². The average molecular weight is 803 g/mol. The fraction of sp³-hybridized carbons (Fsp3) is 0.167. The van der Waals surface area contributed by atoms with Gasteiger partial charge in [-0.05, 0) is 110 Å². The van der Waals surface area contributed by atoms with Gasteiger partial charge in [0.15, 0.2) is 0 Å². The maximum atomic E-state index is 14.3. The smallest absolute Gasteiger partial charge is 0.243 e. The molecule has 0 saturated heterocycles. The Morgan fingerprint density at radius 2 is 0.810 bits per heavy atom. The van der Waals surface area contributed by atoms with Crippen molar-refractivity contribution < 1.29 is 25.7 Å². The third-order valence-electron chi connectivity index (χ3n) is 12.4. The van der Waals surface area contributed by atoms with E-state index in [4.69, 9.17) is 8.83 Å². The lowest BCUT2D eigenvalue weighted by Gasteiger charge is -2.15. The number of aryl methyl sites for hydroxylation is 4. The van der Waals surface area contributed by atoms with Gasteiger partial charge >= 0.3 is 0 Å². The van der Waals surface area contributed by atoms with Crippen molar-refractivity contribution in [3.63, 3.8) is 0 Å². The molecule has 8 nitrogen and oxygen atoms in total. The fourth-order valence-corrected chi connectivity index (χ4v) is 12.2. The lowest BCUT2D eigenvalue weighted by Crippen LogP contribution is -2.25. The zero-order valence-electron chi connectivity index (χ0n) is 32.4. The first-order valence-electron chi connectivity index (χ1n) is 19.4. The molecule has 0 fully saturated rings. The molecule has 2 aromatic heterocycles. The standard InChI is InChI=1S/C48H38N2O6S2/c1-27-13-17-31(18-14-27)57(51,52)49-23-37-29(3)21-35-43(39(37)25-49)45-33-9-5-7-11-41(33)56-48(45)36-22-30(4)38-24-50(58(53,54)32-19-15-28(2)16-20-32)26-40(38)44(36)46-34-10-6-8-12-42(34)55-47(35)46/h5-22H,23-26H2,1-4H3/b45-43+,46-44+,47-35+,48-36+. The number of hydrogen-bond acceptors (Lipinski definition) is 6. The minimum Gasteiger partial charge on any atom is -0.455 e. The Hall–Kier alpha value is -5.78. The van der Waals surface area contributed by atoms with Gasteiger partial charge in [0, 0.05) is 68.3 Å². The number of benzene rings is 6.